The second kappa shape index (κ2) is 8.56. The highest BCUT2D eigenvalue weighted by Gasteiger charge is 2.21. The average molecular weight is 399 g/mol. The highest BCUT2D eigenvalue weighted by Crippen LogP contribution is 2.27. The Morgan fingerprint density at radius 3 is 2.46 bits per heavy atom. The monoisotopic (exact) mass is 398 g/mol. The van der Waals surface area contributed by atoms with Gasteiger partial charge >= 0.3 is 0 Å². The number of nitrogens with one attached hydrogen (secondary N) is 1. The van der Waals surface area contributed by atoms with E-state index in [-0.39, 0.29) is 23.0 Å². The fourth-order valence-corrected chi connectivity index (χ4v) is 3.68. The number of hydrogen-bond acceptors (Lipinski definition) is 4. The van der Waals surface area contributed by atoms with Crippen LogP contribution < -0.4 is 5.32 Å². The third-order valence-electron chi connectivity index (χ3n) is 4.60. The molecule has 3 aromatic rings. The number of hydrogen-bond donors (Lipinski definition) is 1. The molecular weight excluding hydrogens is 375 g/mol. The van der Waals surface area contributed by atoms with Gasteiger partial charge < -0.3 is 9.88 Å². The maximum absolute atomic E-state index is 13.1. The third-order valence-corrected chi connectivity index (χ3v) is 5.74. The molecule has 0 unspecified atom stereocenters. The number of benzene rings is 2. The average Bonchev–Trinajstić information content (AvgIpc) is 3.03. The van der Waals surface area contributed by atoms with Crippen molar-refractivity contribution in [3.63, 3.8) is 0 Å². The largest absolute Gasteiger partial charge is 0.349 e. The first-order chi connectivity index (χ1) is 13.4. The Bertz CT molecular complexity index is 971. The van der Waals surface area contributed by atoms with Crippen LogP contribution in [0.15, 0.2) is 53.7 Å². The predicted molar refractivity (Wildman–Crippen MR) is 109 cm³/mol. The van der Waals surface area contributed by atoms with Crippen molar-refractivity contribution in [1.82, 2.24) is 20.1 Å². The Kier molecular flexibility index (Phi) is 6.14. The molecule has 0 fully saturated rings. The van der Waals surface area contributed by atoms with Gasteiger partial charge in [-0.25, -0.2) is 4.39 Å². The van der Waals surface area contributed by atoms with Crippen LogP contribution in [0.1, 0.15) is 31.0 Å². The van der Waals surface area contributed by atoms with E-state index in [4.69, 9.17) is 0 Å². The standard InChI is InChI=1S/C21H23FN4OS/c1-13-7-5-6-8-18(13)19-24-25-21(26(19)4)28-15(3)20(27)23-14(2)16-9-11-17(22)12-10-16/h5-12,14-15H,1-4H3,(H,23,27)/t14-,15-/m1/s1. The predicted octanol–water partition coefficient (Wildman–Crippen LogP) is 4.29. The van der Waals surface area contributed by atoms with Crippen molar-refractivity contribution >= 4 is 17.7 Å². The van der Waals surface area contributed by atoms with Crippen molar-refractivity contribution in [2.24, 2.45) is 7.05 Å². The maximum atomic E-state index is 13.1. The summed E-state index contributed by atoms with van der Waals surface area (Å²) in [6.07, 6.45) is 0. The molecule has 3 rings (SSSR count). The van der Waals surface area contributed by atoms with Crippen LogP contribution in [-0.4, -0.2) is 25.9 Å². The van der Waals surface area contributed by atoms with Crippen LogP contribution in [0.5, 0.6) is 0 Å². The summed E-state index contributed by atoms with van der Waals surface area (Å²) in [5.74, 6) is 0.369. The number of nitrogens with zero attached hydrogens (tertiary/aromatic N) is 3. The molecule has 1 aromatic heterocycles. The lowest BCUT2D eigenvalue weighted by Crippen LogP contribution is -2.33. The number of amides is 1. The van der Waals surface area contributed by atoms with Crippen LogP contribution in [-0.2, 0) is 11.8 Å². The van der Waals surface area contributed by atoms with Crippen molar-refractivity contribution in [3.8, 4) is 11.4 Å². The smallest absolute Gasteiger partial charge is 0.233 e. The molecule has 0 bridgehead atoms. The fraction of sp³-hybridized carbons (Fsp3) is 0.286. The number of carbonyl (C=O) groups is 1. The molecule has 2 atom stereocenters. The Balaban J connectivity index is 1.67. The van der Waals surface area contributed by atoms with E-state index in [0.29, 0.717) is 5.16 Å². The quantitative estimate of drug-likeness (QED) is 0.630. The SMILES string of the molecule is Cc1ccccc1-c1nnc(S[C@H](C)C(=O)N[C@H](C)c2ccc(F)cc2)n1C. The van der Waals surface area contributed by atoms with Crippen molar-refractivity contribution in [2.45, 2.75) is 37.2 Å². The summed E-state index contributed by atoms with van der Waals surface area (Å²) in [4.78, 5) is 12.6. The molecule has 7 heteroatoms. The first kappa shape index (κ1) is 20.1. The second-order valence-corrected chi connectivity index (χ2v) is 8.03. The molecule has 0 spiro atoms. The molecule has 0 aliphatic rings. The first-order valence-electron chi connectivity index (χ1n) is 9.04. The van der Waals surface area contributed by atoms with Crippen LogP contribution in [0.2, 0.25) is 0 Å². The molecule has 1 N–H and O–H groups in total. The van der Waals surface area contributed by atoms with Crippen molar-refractivity contribution in [3.05, 3.63) is 65.5 Å². The summed E-state index contributed by atoms with van der Waals surface area (Å²) in [6.45, 7) is 5.74. The van der Waals surface area contributed by atoms with Gasteiger partial charge in [0.1, 0.15) is 5.82 Å². The van der Waals surface area contributed by atoms with E-state index in [2.05, 4.69) is 15.5 Å². The normalized spacial score (nSPS) is 13.2. The van der Waals surface area contributed by atoms with E-state index in [1.807, 2.05) is 56.7 Å². The maximum Gasteiger partial charge on any atom is 0.233 e. The molecule has 28 heavy (non-hydrogen) atoms. The minimum absolute atomic E-state index is 0.109. The van der Waals surface area contributed by atoms with E-state index in [1.165, 1.54) is 23.9 Å². The van der Waals surface area contributed by atoms with Gasteiger partial charge in [0.2, 0.25) is 5.91 Å². The number of aryl methyl sites for hydroxylation is 1. The van der Waals surface area contributed by atoms with Gasteiger partial charge in [-0.05, 0) is 44.0 Å². The van der Waals surface area contributed by atoms with Gasteiger partial charge in [-0.15, -0.1) is 10.2 Å². The highest BCUT2D eigenvalue weighted by molar-refractivity contribution is 8.00. The zero-order valence-electron chi connectivity index (χ0n) is 16.3. The van der Waals surface area contributed by atoms with Crippen LogP contribution in [0.4, 0.5) is 4.39 Å². The van der Waals surface area contributed by atoms with Crippen molar-refractivity contribution in [1.29, 1.82) is 0 Å². The topological polar surface area (TPSA) is 59.8 Å². The Hall–Kier alpha value is -2.67. The van der Waals surface area contributed by atoms with Gasteiger partial charge in [-0.2, -0.15) is 0 Å². The number of carbonyl (C=O) groups excluding carboxylic acids is 1. The zero-order valence-corrected chi connectivity index (χ0v) is 17.1. The summed E-state index contributed by atoms with van der Waals surface area (Å²) in [5, 5.41) is 11.8. The molecule has 0 saturated heterocycles. The lowest BCUT2D eigenvalue weighted by molar-refractivity contribution is -0.120. The molecule has 5 nitrogen and oxygen atoms in total. The van der Waals surface area contributed by atoms with Crippen LogP contribution in [0.25, 0.3) is 11.4 Å². The van der Waals surface area contributed by atoms with Gasteiger partial charge in [0.25, 0.3) is 0 Å². The number of rotatable bonds is 6. The first-order valence-corrected chi connectivity index (χ1v) is 9.92. The van der Waals surface area contributed by atoms with Gasteiger partial charge in [0, 0.05) is 12.6 Å². The summed E-state index contributed by atoms with van der Waals surface area (Å²) < 4.78 is 15.0. The van der Waals surface area contributed by atoms with Crippen LogP contribution >= 0.6 is 11.8 Å². The molecule has 0 aliphatic carbocycles. The third kappa shape index (κ3) is 4.42. The van der Waals surface area contributed by atoms with E-state index in [0.717, 1.165) is 22.5 Å². The molecule has 0 aliphatic heterocycles. The second-order valence-electron chi connectivity index (χ2n) is 6.72. The lowest BCUT2D eigenvalue weighted by atomic mass is 10.1. The molecule has 0 saturated carbocycles. The number of halogens is 1. The summed E-state index contributed by atoms with van der Waals surface area (Å²) in [7, 11) is 1.90. The Morgan fingerprint density at radius 1 is 1.11 bits per heavy atom. The van der Waals surface area contributed by atoms with Crippen molar-refractivity contribution < 1.29 is 9.18 Å². The zero-order chi connectivity index (χ0) is 20.3. The molecule has 146 valence electrons. The van der Waals surface area contributed by atoms with E-state index < -0.39 is 0 Å². The minimum Gasteiger partial charge on any atom is -0.349 e. The molecule has 0 radical (unpaired) electrons. The minimum atomic E-state index is -0.351. The molecule has 1 heterocycles. The van der Waals surface area contributed by atoms with Crippen LogP contribution in [0, 0.1) is 12.7 Å². The van der Waals surface area contributed by atoms with Gasteiger partial charge in [0.15, 0.2) is 11.0 Å². The van der Waals surface area contributed by atoms with Gasteiger partial charge in [-0.3, -0.25) is 4.79 Å². The summed E-state index contributed by atoms with van der Waals surface area (Å²) in [6, 6.07) is 13.9. The lowest BCUT2D eigenvalue weighted by Gasteiger charge is -2.17. The van der Waals surface area contributed by atoms with Gasteiger partial charge in [0.05, 0.1) is 11.3 Å². The van der Waals surface area contributed by atoms with Crippen LogP contribution in [0.3, 0.4) is 0 Å². The molecule has 1 amide bonds. The number of aromatic nitrogens is 3. The van der Waals surface area contributed by atoms with Crippen molar-refractivity contribution in [2.75, 3.05) is 0 Å². The van der Waals surface area contributed by atoms with E-state index in [9.17, 15) is 9.18 Å². The molecular formula is C21H23FN4OS. The Labute approximate surface area is 168 Å². The fourth-order valence-electron chi connectivity index (χ4n) is 2.85. The number of thioether (sulfide) groups is 1. The molecule has 2 aromatic carbocycles. The van der Waals surface area contributed by atoms with E-state index >= 15 is 0 Å². The summed E-state index contributed by atoms with van der Waals surface area (Å²) >= 11 is 1.36. The summed E-state index contributed by atoms with van der Waals surface area (Å²) in [5.41, 5.74) is 2.99. The Morgan fingerprint density at radius 2 is 1.79 bits per heavy atom. The van der Waals surface area contributed by atoms with Gasteiger partial charge in [-0.1, -0.05) is 48.2 Å². The highest BCUT2D eigenvalue weighted by atomic mass is 32.2. The van der Waals surface area contributed by atoms with E-state index in [1.54, 1.807) is 12.1 Å².